The van der Waals surface area contributed by atoms with Crippen LogP contribution in [0.5, 0.6) is 0 Å². The smallest absolute Gasteiger partial charge is 0.462 e. The van der Waals surface area contributed by atoms with Gasteiger partial charge in [-0.3, -0.25) is 18.6 Å². The second-order valence-corrected chi connectivity index (χ2v) is 16.9. The lowest BCUT2D eigenvalue weighted by Crippen LogP contribution is -2.64. The average Bonchev–Trinajstić information content (AvgIpc) is 3.25. The summed E-state index contributed by atoms with van der Waals surface area (Å²) in [5, 5.41) is 50.1. The van der Waals surface area contributed by atoms with Gasteiger partial charge in [0.2, 0.25) is 0 Å². The molecule has 62 heavy (non-hydrogen) atoms. The molecule has 0 aromatic rings. The Kier molecular flexibility index (Phi) is 34.4. The number of esters is 2. The molecule has 0 spiro atoms. The third kappa shape index (κ3) is 29.4. The molecule has 0 aliphatic heterocycles. The summed E-state index contributed by atoms with van der Waals surface area (Å²) in [5.41, 5.74) is 0. The Morgan fingerprint density at radius 3 is 1.47 bits per heavy atom. The third-order valence-electron chi connectivity index (χ3n) is 9.98. The van der Waals surface area contributed by atoms with Crippen molar-refractivity contribution < 1.29 is 63.1 Å². The molecule has 0 aromatic heterocycles. The average molecular weight is 895 g/mol. The molecule has 0 heterocycles. The Labute approximate surface area is 371 Å². The van der Waals surface area contributed by atoms with Gasteiger partial charge in [-0.25, -0.2) is 4.57 Å². The third-order valence-corrected chi connectivity index (χ3v) is 11.0. The zero-order chi connectivity index (χ0) is 45.7. The van der Waals surface area contributed by atoms with Crippen molar-refractivity contribution in [2.24, 2.45) is 0 Å². The molecule has 8 atom stereocenters. The van der Waals surface area contributed by atoms with Gasteiger partial charge in [0.15, 0.2) is 6.10 Å². The van der Waals surface area contributed by atoms with Crippen LogP contribution >= 0.6 is 7.82 Å². The van der Waals surface area contributed by atoms with Crippen LogP contribution in [0.2, 0.25) is 0 Å². The number of carbonyl (C=O) groups is 2. The highest BCUT2D eigenvalue weighted by Gasteiger charge is 2.51. The first-order chi connectivity index (χ1) is 29.9. The van der Waals surface area contributed by atoms with Crippen molar-refractivity contribution in [3.8, 4) is 0 Å². The second-order valence-electron chi connectivity index (χ2n) is 15.5. The molecule has 354 valence electrons. The van der Waals surface area contributed by atoms with Crippen LogP contribution in [0.25, 0.3) is 0 Å². The lowest BCUT2D eigenvalue weighted by atomic mass is 9.85. The minimum Gasteiger partial charge on any atom is -0.462 e. The summed E-state index contributed by atoms with van der Waals surface area (Å²) < 4.78 is 33.4. The lowest BCUT2D eigenvalue weighted by Gasteiger charge is -2.41. The van der Waals surface area contributed by atoms with E-state index in [4.69, 9.17) is 18.5 Å². The van der Waals surface area contributed by atoms with Crippen molar-refractivity contribution in [3.63, 3.8) is 0 Å². The molecule has 0 bridgehead atoms. The van der Waals surface area contributed by atoms with Gasteiger partial charge in [-0.15, -0.1) is 0 Å². The Hall–Kier alpha value is -2.97. The maximum Gasteiger partial charge on any atom is 0.472 e. The van der Waals surface area contributed by atoms with Crippen molar-refractivity contribution in [2.75, 3.05) is 13.2 Å². The number of allylic oxidation sites excluding steroid dienone is 14. The first kappa shape index (κ1) is 57.0. The Bertz CT molecular complexity index is 1400. The van der Waals surface area contributed by atoms with Gasteiger partial charge in [0.05, 0.1) is 6.61 Å². The molecule has 1 fully saturated rings. The van der Waals surface area contributed by atoms with Crippen molar-refractivity contribution in [3.05, 3.63) is 85.1 Å². The second kappa shape index (κ2) is 37.4. The number of phosphoric ester groups is 1. The van der Waals surface area contributed by atoms with Crippen LogP contribution in [0, 0.1) is 0 Å². The van der Waals surface area contributed by atoms with Crippen LogP contribution in [0.1, 0.15) is 149 Å². The van der Waals surface area contributed by atoms with E-state index in [1.54, 1.807) is 0 Å². The van der Waals surface area contributed by atoms with Gasteiger partial charge in [-0.2, -0.15) is 0 Å². The van der Waals surface area contributed by atoms with Gasteiger partial charge in [0.25, 0.3) is 0 Å². The molecule has 13 nitrogen and oxygen atoms in total. The Morgan fingerprint density at radius 1 is 0.516 bits per heavy atom. The molecule has 14 heteroatoms. The number of hydrogen-bond donors (Lipinski definition) is 6. The summed E-state index contributed by atoms with van der Waals surface area (Å²) in [4.78, 5) is 35.6. The van der Waals surface area contributed by atoms with Crippen molar-refractivity contribution >= 4 is 19.8 Å². The topological polar surface area (TPSA) is 210 Å². The fourth-order valence-corrected chi connectivity index (χ4v) is 7.28. The van der Waals surface area contributed by atoms with Crippen LogP contribution < -0.4 is 0 Å². The van der Waals surface area contributed by atoms with Crippen LogP contribution in [0.3, 0.4) is 0 Å². The summed E-state index contributed by atoms with van der Waals surface area (Å²) in [6.07, 6.45) is 35.1. The van der Waals surface area contributed by atoms with E-state index in [9.17, 15) is 44.6 Å². The maximum atomic E-state index is 12.8. The van der Waals surface area contributed by atoms with E-state index in [-0.39, 0.29) is 12.8 Å². The van der Waals surface area contributed by atoms with Gasteiger partial charge >= 0.3 is 19.8 Å². The quantitative estimate of drug-likeness (QED) is 0.0150. The van der Waals surface area contributed by atoms with E-state index in [0.29, 0.717) is 19.3 Å². The predicted octanol–water partition coefficient (Wildman–Crippen LogP) is 8.89. The van der Waals surface area contributed by atoms with Gasteiger partial charge in [0.1, 0.15) is 43.2 Å². The lowest BCUT2D eigenvalue weighted by molar-refractivity contribution is -0.220. The normalized spacial score (nSPS) is 22.6. The molecule has 1 saturated carbocycles. The van der Waals surface area contributed by atoms with Gasteiger partial charge in [0, 0.05) is 12.8 Å². The van der Waals surface area contributed by atoms with E-state index >= 15 is 0 Å². The zero-order valence-electron chi connectivity index (χ0n) is 37.4. The Balaban J connectivity index is 2.54. The minimum atomic E-state index is -5.14. The highest BCUT2D eigenvalue weighted by molar-refractivity contribution is 7.47. The summed E-state index contributed by atoms with van der Waals surface area (Å²) in [6.45, 7) is 3.09. The number of phosphoric acid groups is 1. The summed E-state index contributed by atoms with van der Waals surface area (Å²) in [6, 6.07) is 0. The fourth-order valence-electron chi connectivity index (χ4n) is 6.31. The van der Waals surface area contributed by atoms with E-state index in [0.717, 1.165) is 70.6 Å². The van der Waals surface area contributed by atoms with E-state index in [2.05, 4.69) is 80.7 Å². The highest BCUT2D eigenvalue weighted by Crippen LogP contribution is 2.47. The Morgan fingerprint density at radius 2 is 0.952 bits per heavy atom. The van der Waals surface area contributed by atoms with E-state index in [1.807, 2.05) is 18.2 Å². The number of unbranched alkanes of at least 4 members (excludes halogenated alkanes) is 10. The fraction of sp³-hybridized carbons (Fsp3) is 0.667. The minimum absolute atomic E-state index is 0.0344. The molecule has 6 N–H and O–H groups in total. The first-order valence-corrected chi connectivity index (χ1v) is 24.4. The molecule has 0 saturated heterocycles. The molecule has 1 aliphatic rings. The number of ether oxygens (including phenoxy) is 2. The SMILES string of the molecule is CC/C=C/C/C=C/C/C=C/C/C=C/C/C=C/C/C=C/CCC(=O)O[C@H](COC(=O)CCCCCCC/C=C/CCCCCCC)COP(=O)(O)OC1C(O)C(O)C(O)[C@H](O)C1O. The molecule has 0 radical (unpaired) electrons. The molecular formula is C48H79O13P. The van der Waals surface area contributed by atoms with Gasteiger partial charge in [-0.1, -0.05) is 144 Å². The number of carbonyl (C=O) groups excluding carboxylic acids is 2. The molecular weight excluding hydrogens is 815 g/mol. The molecule has 1 rings (SSSR count). The zero-order valence-corrected chi connectivity index (χ0v) is 38.3. The van der Waals surface area contributed by atoms with Crippen molar-refractivity contribution in [2.45, 2.75) is 191 Å². The molecule has 0 amide bonds. The van der Waals surface area contributed by atoms with E-state index < -0.39 is 75.7 Å². The first-order valence-electron chi connectivity index (χ1n) is 22.9. The van der Waals surface area contributed by atoms with Crippen molar-refractivity contribution in [1.29, 1.82) is 0 Å². The summed E-state index contributed by atoms with van der Waals surface area (Å²) in [7, 11) is -5.14. The standard InChI is InChI=1S/C48H79O13P/c1-3-5-7-9-11-13-15-17-19-20-21-22-23-25-27-29-31-33-35-37-42(50)60-40(39-59-62(56,57)61-48-46(54)44(52)43(51)45(53)47(48)55)38-58-41(49)36-34-32-30-28-26-24-18-16-14-12-10-8-6-4-2/h5,7,11,13,16-19,21-22,25,27,31,33,40,43-48,51-55H,3-4,6,8-10,12,14-15,20,23-24,26,28-30,32,34-39H2,1-2H3,(H,56,57)/b7-5+,13-11+,18-16+,19-17+,22-21+,27-25+,33-31+/t40-,43?,44+,45?,46?,47?,48?/m1/s1. The van der Waals surface area contributed by atoms with Crippen LogP contribution in [-0.4, -0.2) is 98.3 Å². The van der Waals surface area contributed by atoms with Gasteiger partial charge < -0.3 is 39.9 Å². The van der Waals surface area contributed by atoms with Crippen molar-refractivity contribution in [1.82, 2.24) is 0 Å². The highest BCUT2D eigenvalue weighted by atomic mass is 31.2. The van der Waals surface area contributed by atoms with Crippen LogP contribution in [0.4, 0.5) is 0 Å². The molecule has 1 aliphatic carbocycles. The van der Waals surface area contributed by atoms with Crippen LogP contribution in [0.15, 0.2) is 85.1 Å². The largest absolute Gasteiger partial charge is 0.472 e. The summed E-state index contributed by atoms with van der Waals surface area (Å²) >= 11 is 0. The van der Waals surface area contributed by atoms with Crippen LogP contribution in [-0.2, 0) is 32.7 Å². The number of hydrogen-bond acceptors (Lipinski definition) is 12. The number of aliphatic hydroxyl groups excluding tert-OH is 5. The predicted molar refractivity (Wildman–Crippen MR) is 244 cm³/mol. The summed E-state index contributed by atoms with van der Waals surface area (Å²) in [5.74, 6) is -1.22. The number of rotatable bonds is 36. The maximum absolute atomic E-state index is 12.8. The molecule has 0 aromatic carbocycles. The molecule has 6 unspecified atom stereocenters. The monoisotopic (exact) mass is 895 g/mol. The van der Waals surface area contributed by atoms with E-state index in [1.165, 1.54) is 32.1 Å². The number of aliphatic hydroxyl groups is 5. The van der Waals surface area contributed by atoms with Gasteiger partial charge in [-0.05, 0) is 77.0 Å².